The zero-order chi connectivity index (χ0) is 24.4. The van der Waals surface area contributed by atoms with Gasteiger partial charge in [0.15, 0.2) is 0 Å². The standard InChI is InChI=1S/C26H24N2O2S.C3H5N/c1-16-6-7-20(30-3)14-22(16)25(29)28-26(8-9-26)23-12-18(19-11-17(2)31-15-19)13-24-21(23)5-4-10-27-24;1-2-4-3-1/h4-7,10-15H,8-9H2,1-3H3,(H,28,29);1-2,4H,3H2. The average molecular weight is 484 g/mol. The van der Waals surface area contributed by atoms with Crippen molar-refractivity contribution >= 4 is 28.1 Å². The highest BCUT2D eigenvalue weighted by Crippen LogP contribution is 2.49. The Labute approximate surface area is 209 Å². The first kappa shape index (κ1) is 23.1. The lowest BCUT2D eigenvalue weighted by Crippen LogP contribution is -2.35. The molecule has 2 aromatic heterocycles. The Morgan fingerprint density at radius 3 is 2.51 bits per heavy atom. The number of rotatable bonds is 5. The van der Waals surface area contributed by atoms with E-state index in [0.717, 1.165) is 47.0 Å². The van der Waals surface area contributed by atoms with Crippen LogP contribution in [0, 0.1) is 13.8 Å². The summed E-state index contributed by atoms with van der Waals surface area (Å²) < 4.78 is 5.33. The molecule has 1 aliphatic heterocycles. The quantitative estimate of drug-likeness (QED) is 0.359. The van der Waals surface area contributed by atoms with E-state index in [4.69, 9.17) is 4.74 Å². The minimum atomic E-state index is -0.366. The molecule has 178 valence electrons. The number of pyridine rings is 1. The van der Waals surface area contributed by atoms with Crippen LogP contribution in [-0.2, 0) is 5.54 Å². The monoisotopic (exact) mass is 483 g/mol. The molecule has 1 fully saturated rings. The number of ether oxygens (including phenoxy) is 1. The van der Waals surface area contributed by atoms with Crippen molar-refractivity contribution in [3.63, 3.8) is 0 Å². The maximum Gasteiger partial charge on any atom is 0.252 e. The number of hydrogen-bond donors (Lipinski definition) is 2. The zero-order valence-electron chi connectivity index (χ0n) is 20.2. The largest absolute Gasteiger partial charge is 0.497 e. The summed E-state index contributed by atoms with van der Waals surface area (Å²) in [4.78, 5) is 19.2. The van der Waals surface area contributed by atoms with Gasteiger partial charge in [-0.1, -0.05) is 12.1 Å². The predicted molar refractivity (Wildman–Crippen MR) is 143 cm³/mol. The highest BCUT2D eigenvalue weighted by Gasteiger charge is 2.47. The summed E-state index contributed by atoms with van der Waals surface area (Å²) in [5.74, 6) is 0.618. The summed E-state index contributed by atoms with van der Waals surface area (Å²) in [7, 11) is 1.62. The fraction of sp³-hybridized carbons (Fsp3) is 0.241. The van der Waals surface area contributed by atoms with E-state index in [2.05, 4.69) is 58.3 Å². The number of fused-ring (bicyclic) bond motifs is 1. The Hall–Kier alpha value is -3.64. The molecule has 0 bridgehead atoms. The predicted octanol–water partition coefficient (Wildman–Crippen LogP) is 6.11. The van der Waals surface area contributed by atoms with E-state index in [1.54, 1.807) is 18.4 Å². The van der Waals surface area contributed by atoms with Gasteiger partial charge >= 0.3 is 0 Å². The number of aryl methyl sites for hydroxylation is 2. The maximum atomic E-state index is 13.3. The van der Waals surface area contributed by atoms with Crippen LogP contribution in [0.1, 0.15) is 39.2 Å². The molecule has 3 heterocycles. The molecule has 4 aromatic rings. The number of carbonyl (C=O) groups excluding carboxylic acids is 1. The van der Waals surface area contributed by atoms with Crippen LogP contribution < -0.4 is 15.4 Å². The molecule has 6 rings (SSSR count). The van der Waals surface area contributed by atoms with E-state index in [9.17, 15) is 4.79 Å². The van der Waals surface area contributed by atoms with Gasteiger partial charge in [0, 0.05) is 28.6 Å². The minimum Gasteiger partial charge on any atom is -0.497 e. The maximum absolute atomic E-state index is 13.3. The molecule has 1 aliphatic carbocycles. The van der Waals surface area contributed by atoms with Gasteiger partial charge in [-0.3, -0.25) is 9.78 Å². The van der Waals surface area contributed by atoms with E-state index in [1.165, 1.54) is 10.4 Å². The van der Waals surface area contributed by atoms with Crippen molar-refractivity contribution < 1.29 is 9.53 Å². The Balaban J connectivity index is 0.000000577. The molecule has 5 nitrogen and oxygen atoms in total. The molecular weight excluding hydrogens is 454 g/mol. The van der Waals surface area contributed by atoms with E-state index in [0.29, 0.717) is 11.3 Å². The van der Waals surface area contributed by atoms with Gasteiger partial charge in [-0.05, 0) is 103 Å². The number of aromatic nitrogens is 1. The fourth-order valence-corrected chi connectivity index (χ4v) is 5.01. The third-order valence-electron chi connectivity index (χ3n) is 6.56. The SMILES string of the molecule is C1=CNC1.COc1ccc(C)c(C(=O)NC2(c3cc(-c4csc(C)c4)cc4ncccc34)CC2)c1. The van der Waals surface area contributed by atoms with Gasteiger partial charge in [0.05, 0.1) is 18.2 Å². The second-order valence-corrected chi connectivity index (χ2v) is 10.2. The number of amides is 1. The van der Waals surface area contributed by atoms with Gasteiger partial charge < -0.3 is 15.4 Å². The molecule has 2 aromatic carbocycles. The first-order chi connectivity index (χ1) is 17.0. The van der Waals surface area contributed by atoms with Crippen molar-refractivity contribution in [3.05, 3.63) is 94.0 Å². The van der Waals surface area contributed by atoms with Crippen molar-refractivity contribution in [2.75, 3.05) is 13.7 Å². The van der Waals surface area contributed by atoms with Crippen molar-refractivity contribution in [1.82, 2.24) is 15.6 Å². The summed E-state index contributed by atoms with van der Waals surface area (Å²) >= 11 is 1.74. The molecule has 0 saturated heterocycles. The second-order valence-electron chi connectivity index (χ2n) is 9.07. The van der Waals surface area contributed by atoms with Gasteiger partial charge in [0.25, 0.3) is 5.91 Å². The topological polar surface area (TPSA) is 63.2 Å². The number of carbonyl (C=O) groups is 1. The normalized spacial score (nSPS) is 14.8. The van der Waals surface area contributed by atoms with Gasteiger partial charge in [-0.15, -0.1) is 11.3 Å². The minimum absolute atomic E-state index is 0.0669. The van der Waals surface area contributed by atoms with Crippen molar-refractivity contribution in [2.45, 2.75) is 32.2 Å². The number of benzene rings is 2. The van der Waals surface area contributed by atoms with Crippen LogP contribution in [0.15, 0.2) is 72.4 Å². The number of methoxy groups -OCH3 is 1. The summed E-state index contributed by atoms with van der Waals surface area (Å²) in [6.07, 6.45) is 7.66. The molecule has 2 aliphatic rings. The summed E-state index contributed by atoms with van der Waals surface area (Å²) in [5, 5.41) is 9.56. The van der Waals surface area contributed by atoms with E-state index < -0.39 is 0 Å². The number of nitrogens with one attached hydrogen (secondary N) is 2. The van der Waals surface area contributed by atoms with Crippen LogP contribution in [0.4, 0.5) is 0 Å². The lowest BCUT2D eigenvalue weighted by Gasteiger charge is -2.22. The average Bonchev–Trinajstić information content (AvgIpc) is 3.47. The van der Waals surface area contributed by atoms with Gasteiger partial charge in [-0.2, -0.15) is 0 Å². The van der Waals surface area contributed by atoms with Crippen LogP contribution in [0.2, 0.25) is 0 Å². The van der Waals surface area contributed by atoms with Gasteiger partial charge in [0.1, 0.15) is 5.75 Å². The van der Waals surface area contributed by atoms with Crippen LogP contribution in [0.5, 0.6) is 5.75 Å². The van der Waals surface area contributed by atoms with Gasteiger partial charge in [0.2, 0.25) is 0 Å². The molecular formula is C29H29N3O2S. The lowest BCUT2D eigenvalue weighted by atomic mass is 9.94. The van der Waals surface area contributed by atoms with Crippen molar-refractivity contribution in [2.24, 2.45) is 0 Å². The first-order valence-corrected chi connectivity index (χ1v) is 12.7. The molecule has 1 saturated carbocycles. The Morgan fingerprint density at radius 2 is 1.89 bits per heavy atom. The van der Waals surface area contributed by atoms with E-state index in [1.807, 2.05) is 43.6 Å². The molecule has 0 spiro atoms. The lowest BCUT2D eigenvalue weighted by molar-refractivity contribution is 0.0930. The highest BCUT2D eigenvalue weighted by molar-refractivity contribution is 7.10. The van der Waals surface area contributed by atoms with Crippen LogP contribution in [-0.4, -0.2) is 24.5 Å². The van der Waals surface area contributed by atoms with Crippen molar-refractivity contribution in [1.29, 1.82) is 0 Å². The smallest absolute Gasteiger partial charge is 0.252 e. The molecule has 2 N–H and O–H groups in total. The number of nitrogens with zero attached hydrogens (tertiary/aromatic N) is 1. The Morgan fingerprint density at radius 1 is 1.11 bits per heavy atom. The first-order valence-electron chi connectivity index (χ1n) is 11.8. The van der Waals surface area contributed by atoms with Crippen molar-refractivity contribution in [3.8, 4) is 16.9 Å². The Kier molecular flexibility index (Phi) is 6.31. The Bertz CT molecular complexity index is 1410. The van der Waals surface area contributed by atoms with Gasteiger partial charge in [-0.25, -0.2) is 0 Å². The number of thiophene rings is 1. The summed E-state index contributed by atoms with van der Waals surface area (Å²) in [5.41, 5.74) is 5.66. The molecule has 0 radical (unpaired) electrons. The molecule has 0 unspecified atom stereocenters. The third kappa shape index (κ3) is 4.80. The summed E-state index contributed by atoms with van der Waals surface area (Å²) in [6.45, 7) is 5.14. The summed E-state index contributed by atoms with van der Waals surface area (Å²) in [6, 6.07) is 16.3. The van der Waals surface area contributed by atoms with Crippen LogP contribution >= 0.6 is 11.3 Å². The molecule has 0 atom stereocenters. The highest BCUT2D eigenvalue weighted by atomic mass is 32.1. The van der Waals surface area contributed by atoms with E-state index >= 15 is 0 Å². The third-order valence-corrected chi connectivity index (χ3v) is 7.43. The van der Waals surface area contributed by atoms with Crippen LogP contribution in [0.3, 0.4) is 0 Å². The fourth-order valence-electron chi connectivity index (χ4n) is 4.30. The molecule has 6 heteroatoms. The van der Waals surface area contributed by atoms with Crippen LogP contribution in [0.25, 0.3) is 22.0 Å². The van der Waals surface area contributed by atoms with E-state index in [-0.39, 0.29) is 11.4 Å². The zero-order valence-corrected chi connectivity index (χ0v) is 21.0. The molecule has 35 heavy (non-hydrogen) atoms. The molecule has 1 amide bonds. The number of hydrogen-bond acceptors (Lipinski definition) is 5. The second kappa shape index (κ2) is 9.55.